The number of carbonyl (C=O) groups is 2. The SMILES string of the molecule is COC(=O)[C@]12CCC(C)(C)CC1C1=CC[C@@H]3[C@@]4(C)CC(C#N)=C(OC(C)=O)[C@@H](C)[C@@H]4CC[C@@]3(C)[C@]1(C)CC2. The second-order valence-electron chi connectivity index (χ2n) is 14.9. The number of esters is 2. The third-order valence-corrected chi connectivity index (χ3v) is 12.8. The van der Waals surface area contributed by atoms with E-state index < -0.39 is 5.41 Å². The van der Waals surface area contributed by atoms with E-state index in [9.17, 15) is 14.9 Å². The number of nitrogens with zero attached hydrogens (tertiary/aromatic N) is 1. The molecule has 0 heterocycles. The van der Waals surface area contributed by atoms with E-state index in [2.05, 4.69) is 53.7 Å². The Morgan fingerprint density at radius 3 is 2.37 bits per heavy atom. The topological polar surface area (TPSA) is 76.4 Å². The molecule has 0 amide bonds. The number of allylic oxidation sites excluding steroid dienone is 4. The number of rotatable bonds is 2. The molecule has 0 radical (unpaired) electrons. The first-order valence-electron chi connectivity index (χ1n) is 14.8. The van der Waals surface area contributed by atoms with Crippen molar-refractivity contribution in [1.82, 2.24) is 0 Å². The van der Waals surface area contributed by atoms with E-state index in [0.717, 1.165) is 51.4 Å². The molecule has 5 nitrogen and oxygen atoms in total. The fourth-order valence-electron chi connectivity index (χ4n) is 10.6. The number of hydrogen-bond donors (Lipinski definition) is 0. The van der Waals surface area contributed by atoms with Crippen molar-refractivity contribution in [2.45, 2.75) is 106 Å². The molecule has 5 aliphatic carbocycles. The summed E-state index contributed by atoms with van der Waals surface area (Å²) in [5, 5.41) is 10.1. The third kappa shape index (κ3) is 3.54. The van der Waals surface area contributed by atoms with Gasteiger partial charge in [0.1, 0.15) is 5.76 Å². The number of fused-ring (bicyclic) bond motifs is 7. The summed E-state index contributed by atoms with van der Waals surface area (Å²) in [5.74, 6) is 1.34. The molecule has 0 spiro atoms. The number of hydrogen-bond acceptors (Lipinski definition) is 5. The molecule has 38 heavy (non-hydrogen) atoms. The zero-order chi connectivity index (χ0) is 27.9. The lowest BCUT2D eigenvalue weighted by atomic mass is 9.34. The van der Waals surface area contributed by atoms with E-state index in [4.69, 9.17) is 9.47 Å². The summed E-state index contributed by atoms with van der Waals surface area (Å²) in [5.41, 5.74) is 2.02. The second-order valence-corrected chi connectivity index (χ2v) is 14.9. The highest BCUT2D eigenvalue weighted by molar-refractivity contribution is 5.78. The molecule has 0 N–H and O–H groups in total. The van der Waals surface area contributed by atoms with Gasteiger partial charge in [0.05, 0.1) is 24.2 Å². The van der Waals surface area contributed by atoms with Crippen LogP contribution in [0.25, 0.3) is 0 Å². The molecule has 0 saturated heterocycles. The van der Waals surface area contributed by atoms with Crippen LogP contribution >= 0.6 is 0 Å². The van der Waals surface area contributed by atoms with E-state index in [0.29, 0.717) is 29.6 Å². The molecular weight excluding hydrogens is 474 g/mol. The molecule has 5 rings (SSSR count). The highest BCUT2D eigenvalue weighted by Crippen LogP contribution is 2.75. The van der Waals surface area contributed by atoms with Gasteiger partial charge < -0.3 is 9.47 Å². The largest absolute Gasteiger partial charge is 0.469 e. The fraction of sp³-hybridized carbons (Fsp3) is 0.788. The zero-order valence-corrected chi connectivity index (χ0v) is 24.8. The van der Waals surface area contributed by atoms with Gasteiger partial charge in [0, 0.05) is 12.8 Å². The van der Waals surface area contributed by atoms with Gasteiger partial charge in [-0.25, -0.2) is 0 Å². The summed E-state index contributed by atoms with van der Waals surface area (Å²) < 4.78 is 11.1. The van der Waals surface area contributed by atoms with Gasteiger partial charge in [-0.15, -0.1) is 0 Å². The first-order chi connectivity index (χ1) is 17.7. The number of carbonyl (C=O) groups excluding carboxylic acids is 2. The molecule has 5 heteroatoms. The number of nitriles is 1. The number of methoxy groups -OCH3 is 1. The van der Waals surface area contributed by atoms with Crippen LogP contribution in [0.2, 0.25) is 0 Å². The van der Waals surface area contributed by atoms with Crippen molar-refractivity contribution in [3.63, 3.8) is 0 Å². The minimum absolute atomic E-state index is 0.00759. The summed E-state index contributed by atoms with van der Waals surface area (Å²) in [6.45, 7) is 15.7. The minimum atomic E-state index is -0.394. The van der Waals surface area contributed by atoms with E-state index >= 15 is 0 Å². The van der Waals surface area contributed by atoms with Crippen LogP contribution in [0.15, 0.2) is 23.0 Å². The van der Waals surface area contributed by atoms with Crippen molar-refractivity contribution in [3.8, 4) is 6.07 Å². The quantitative estimate of drug-likeness (QED) is 0.277. The van der Waals surface area contributed by atoms with Crippen LogP contribution in [-0.4, -0.2) is 19.0 Å². The number of ether oxygens (including phenoxy) is 2. The molecule has 1 unspecified atom stereocenters. The molecule has 0 aromatic rings. The molecule has 8 atom stereocenters. The first-order valence-corrected chi connectivity index (χ1v) is 14.8. The van der Waals surface area contributed by atoms with Gasteiger partial charge in [0.2, 0.25) is 0 Å². The van der Waals surface area contributed by atoms with Crippen LogP contribution in [0.5, 0.6) is 0 Å². The Kier molecular flexibility index (Phi) is 6.29. The zero-order valence-electron chi connectivity index (χ0n) is 24.8. The van der Waals surface area contributed by atoms with Crippen molar-refractivity contribution in [2.75, 3.05) is 7.11 Å². The van der Waals surface area contributed by atoms with Gasteiger partial charge in [0.25, 0.3) is 0 Å². The van der Waals surface area contributed by atoms with Crippen LogP contribution in [0.4, 0.5) is 0 Å². The summed E-state index contributed by atoms with van der Waals surface area (Å²) in [4.78, 5) is 25.3. The molecular formula is C33H47NO4. The van der Waals surface area contributed by atoms with Gasteiger partial charge >= 0.3 is 11.9 Å². The molecule has 0 aromatic heterocycles. The van der Waals surface area contributed by atoms with Gasteiger partial charge in [-0.2, -0.15) is 5.26 Å². The molecule has 0 bridgehead atoms. The van der Waals surface area contributed by atoms with Crippen molar-refractivity contribution in [3.05, 3.63) is 23.0 Å². The third-order valence-electron chi connectivity index (χ3n) is 12.8. The Morgan fingerprint density at radius 1 is 1.05 bits per heavy atom. The van der Waals surface area contributed by atoms with Crippen LogP contribution < -0.4 is 0 Å². The maximum atomic E-state index is 13.4. The molecule has 0 aromatic carbocycles. The molecule has 208 valence electrons. The summed E-state index contributed by atoms with van der Waals surface area (Å²) in [7, 11) is 1.56. The fourth-order valence-corrected chi connectivity index (χ4v) is 10.6. The normalized spacial score (nSPS) is 45.3. The highest BCUT2D eigenvalue weighted by atomic mass is 16.5. The average Bonchev–Trinajstić information content (AvgIpc) is 2.85. The summed E-state index contributed by atoms with van der Waals surface area (Å²) >= 11 is 0. The molecule has 3 saturated carbocycles. The van der Waals surface area contributed by atoms with Crippen molar-refractivity contribution < 1.29 is 19.1 Å². The molecule has 5 aliphatic rings. The Balaban J connectivity index is 1.59. The Labute approximate surface area is 229 Å². The van der Waals surface area contributed by atoms with E-state index in [-0.39, 0.29) is 45.4 Å². The van der Waals surface area contributed by atoms with Crippen molar-refractivity contribution >= 4 is 11.9 Å². The highest BCUT2D eigenvalue weighted by Gasteiger charge is 2.68. The van der Waals surface area contributed by atoms with Crippen molar-refractivity contribution in [2.24, 2.45) is 50.7 Å². The lowest BCUT2D eigenvalue weighted by molar-refractivity contribution is -0.178. The summed E-state index contributed by atoms with van der Waals surface area (Å²) in [6, 6.07) is 2.43. The van der Waals surface area contributed by atoms with Gasteiger partial charge in [-0.05, 0) is 97.2 Å². The second kappa shape index (κ2) is 8.70. The predicted molar refractivity (Wildman–Crippen MR) is 146 cm³/mol. The average molecular weight is 522 g/mol. The molecule has 0 aliphatic heterocycles. The van der Waals surface area contributed by atoms with Gasteiger partial charge in [0.15, 0.2) is 0 Å². The smallest absolute Gasteiger partial charge is 0.312 e. The van der Waals surface area contributed by atoms with Crippen LogP contribution in [0.3, 0.4) is 0 Å². The first kappa shape index (κ1) is 27.5. The lowest BCUT2D eigenvalue weighted by Crippen LogP contribution is -2.63. The predicted octanol–water partition coefficient (Wildman–Crippen LogP) is 7.52. The lowest BCUT2D eigenvalue weighted by Gasteiger charge is -2.69. The summed E-state index contributed by atoms with van der Waals surface area (Å²) in [6.07, 6.45) is 11.3. The minimum Gasteiger partial charge on any atom is -0.469 e. The van der Waals surface area contributed by atoms with Crippen LogP contribution in [-0.2, 0) is 19.1 Å². The monoisotopic (exact) mass is 521 g/mol. The Hall–Kier alpha value is -2.09. The maximum absolute atomic E-state index is 13.4. The van der Waals surface area contributed by atoms with Gasteiger partial charge in [-0.3, -0.25) is 9.59 Å². The van der Waals surface area contributed by atoms with E-state index in [1.54, 1.807) is 7.11 Å². The van der Waals surface area contributed by atoms with Crippen molar-refractivity contribution in [1.29, 1.82) is 5.26 Å². The Bertz CT molecular complexity index is 1160. The maximum Gasteiger partial charge on any atom is 0.312 e. The molecule has 3 fully saturated rings. The van der Waals surface area contributed by atoms with Crippen LogP contribution in [0.1, 0.15) is 106 Å². The van der Waals surface area contributed by atoms with E-state index in [1.807, 2.05) is 0 Å². The van der Waals surface area contributed by atoms with Gasteiger partial charge in [-0.1, -0.05) is 53.2 Å². The van der Waals surface area contributed by atoms with E-state index in [1.165, 1.54) is 12.5 Å². The van der Waals surface area contributed by atoms with Crippen LogP contribution in [0, 0.1) is 62.1 Å². The Morgan fingerprint density at radius 2 is 1.74 bits per heavy atom. The standard InChI is InChI=1S/C33H47NO4/c1-20-23-11-12-32(7)26(30(23,5)17-22(19-34)27(20)38-21(2)35)10-9-24-25-18-29(3,4)13-15-33(25,28(36)37-8)16-14-31(24,32)6/h9,20,23,25-26H,10-18H2,1-8H3/t20-,23-,25?,26+,30-,31+,32+,33-/m0/s1.